The van der Waals surface area contributed by atoms with Gasteiger partial charge in [-0.1, -0.05) is 89.4 Å². The van der Waals surface area contributed by atoms with Crippen LogP contribution in [0.15, 0.2) is 108 Å². The zero-order chi connectivity index (χ0) is 31.0. The molecular weight excluding hydrogens is 605 g/mol. The smallest absolute Gasteiger partial charge is 0.264 e. The molecule has 1 atom stereocenters. The monoisotopic (exact) mass is 637 g/mol. The predicted molar refractivity (Wildman–Crippen MR) is 172 cm³/mol. The first kappa shape index (κ1) is 32.1. The lowest BCUT2D eigenvalue weighted by Crippen LogP contribution is -2.53. The van der Waals surface area contributed by atoms with E-state index in [1.54, 1.807) is 67.6 Å². The summed E-state index contributed by atoms with van der Waals surface area (Å²) in [5.74, 6) is -0.927. The lowest BCUT2D eigenvalue weighted by molar-refractivity contribution is -0.140. The van der Waals surface area contributed by atoms with Crippen LogP contribution in [0.5, 0.6) is 0 Å². The summed E-state index contributed by atoms with van der Waals surface area (Å²) in [6.07, 6.45) is 0.217. The maximum absolute atomic E-state index is 14.4. The van der Waals surface area contributed by atoms with Crippen LogP contribution in [0.1, 0.15) is 23.6 Å². The molecule has 0 fully saturated rings. The number of anilines is 1. The van der Waals surface area contributed by atoms with Gasteiger partial charge in [0.1, 0.15) is 12.6 Å². The highest BCUT2D eigenvalue weighted by Gasteiger charge is 2.34. The highest BCUT2D eigenvalue weighted by atomic mass is 35.5. The van der Waals surface area contributed by atoms with Gasteiger partial charge in [0.05, 0.1) is 10.6 Å². The summed E-state index contributed by atoms with van der Waals surface area (Å²) < 4.78 is 29.1. The Morgan fingerprint density at radius 3 is 2.09 bits per heavy atom. The van der Waals surface area contributed by atoms with E-state index in [4.69, 9.17) is 23.2 Å². The third kappa shape index (κ3) is 8.16. The number of nitrogens with zero attached hydrogens (tertiary/aromatic N) is 2. The molecule has 0 aromatic heterocycles. The molecule has 0 bridgehead atoms. The molecule has 0 aliphatic heterocycles. The summed E-state index contributed by atoms with van der Waals surface area (Å²) in [4.78, 5) is 29.3. The molecule has 2 amide bonds. The second kappa shape index (κ2) is 14.6. The minimum atomic E-state index is -4.19. The third-order valence-electron chi connectivity index (χ3n) is 6.92. The van der Waals surface area contributed by atoms with Gasteiger partial charge >= 0.3 is 0 Å². The first-order valence-electron chi connectivity index (χ1n) is 13.8. The van der Waals surface area contributed by atoms with Crippen molar-refractivity contribution in [2.45, 2.75) is 37.8 Å². The van der Waals surface area contributed by atoms with Crippen molar-refractivity contribution in [3.05, 3.63) is 130 Å². The molecule has 4 rings (SSSR count). The van der Waals surface area contributed by atoms with E-state index in [1.165, 1.54) is 17.0 Å². The Kier molecular flexibility index (Phi) is 10.9. The fraction of sp³-hybridized carbons (Fsp3) is 0.212. The quantitative estimate of drug-likeness (QED) is 0.198. The van der Waals surface area contributed by atoms with E-state index < -0.39 is 28.5 Å². The van der Waals surface area contributed by atoms with Gasteiger partial charge in [0, 0.05) is 29.6 Å². The Hall–Kier alpha value is -3.85. The molecule has 0 aliphatic carbocycles. The number of amides is 2. The van der Waals surface area contributed by atoms with E-state index in [0.717, 1.165) is 15.4 Å². The molecule has 0 saturated heterocycles. The van der Waals surface area contributed by atoms with Gasteiger partial charge in [-0.25, -0.2) is 8.42 Å². The van der Waals surface area contributed by atoms with Gasteiger partial charge in [0.15, 0.2) is 0 Å². The van der Waals surface area contributed by atoms with Crippen LogP contribution in [0, 0.1) is 6.92 Å². The van der Waals surface area contributed by atoms with Crippen molar-refractivity contribution >= 4 is 50.7 Å². The Morgan fingerprint density at radius 1 is 0.837 bits per heavy atom. The molecule has 1 N–H and O–H groups in total. The average molecular weight is 639 g/mol. The van der Waals surface area contributed by atoms with E-state index in [2.05, 4.69) is 5.32 Å². The highest BCUT2D eigenvalue weighted by molar-refractivity contribution is 7.92. The second-order valence-electron chi connectivity index (χ2n) is 10.0. The SMILES string of the molecule is CCNC(=O)[C@H](Cc1ccccc1)N(Cc1ccccc1Cl)C(=O)CN(c1ccc(Cl)cc1)S(=O)(=O)c1ccc(C)cc1. The third-order valence-corrected chi connectivity index (χ3v) is 9.33. The number of sulfonamides is 1. The van der Waals surface area contributed by atoms with E-state index in [-0.39, 0.29) is 29.5 Å². The van der Waals surface area contributed by atoms with Gasteiger partial charge in [0.25, 0.3) is 10.0 Å². The van der Waals surface area contributed by atoms with Crippen LogP contribution in [-0.4, -0.2) is 44.3 Å². The normalized spacial score (nSPS) is 11.9. The van der Waals surface area contributed by atoms with Crippen molar-refractivity contribution < 1.29 is 18.0 Å². The molecule has 0 spiro atoms. The van der Waals surface area contributed by atoms with Crippen molar-refractivity contribution in [3.63, 3.8) is 0 Å². The topological polar surface area (TPSA) is 86.8 Å². The van der Waals surface area contributed by atoms with Crippen molar-refractivity contribution in [2.24, 2.45) is 0 Å². The standard InChI is InChI=1S/C33H33Cl2N3O4S/c1-3-36-33(40)31(21-25-9-5-4-6-10-25)37(22-26-11-7-8-12-30(26)35)32(39)23-38(28-17-15-27(34)16-18-28)43(41,42)29-19-13-24(2)14-20-29/h4-20,31H,3,21-23H2,1-2H3,(H,36,40)/t31-/m0/s1. The molecule has 224 valence electrons. The first-order valence-corrected chi connectivity index (χ1v) is 16.0. The summed E-state index contributed by atoms with van der Waals surface area (Å²) >= 11 is 12.6. The van der Waals surface area contributed by atoms with Crippen molar-refractivity contribution in [3.8, 4) is 0 Å². The number of rotatable bonds is 12. The minimum absolute atomic E-state index is 0.00776. The van der Waals surface area contributed by atoms with Crippen LogP contribution in [0.3, 0.4) is 0 Å². The predicted octanol–water partition coefficient (Wildman–Crippen LogP) is 6.27. The summed E-state index contributed by atoms with van der Waals surface area (Å²) in [5, 5.41) is 3.69. The molecule has 7 nitrogen and oxygen atoms in total. The first-order chi connectivity index (χ1) is 20.6. The van der Waals surface area contributed by atoms with Crippen LogP contribution in [0.25, 0.3) is 0 Å². The summed E-state index contributed by atoms with van der Waals surface area (Å²) in [6, 6.07) is 28.1. The number of nitrogens with one attached hydrogen (secondary N) is 1. The van der Waals surface area contributed by atoms with E-state index in [0.29, 0.717) is 22.2 Å². The largest absolute Gasteiger partial charge is 0.355 e. The number of halogens is 2. The van der Waals surface area contributed by atoms with Crippen LogP contribution in [-0.2, 0) is 32.6 Å². The number of hydrogen-bond acceptors (Lipinski definition) is 4. The number of benzene rings is 4. The van der Waals surface area contributed by atoms with Gasteiger partial charge in [-0.3, -0.25) is 13.9 Å². The molecule has 0 saturated carbocycles. The molecule has 0 heterocycles. The summed E-state index contributed by atoms with van der Waals surface area (Å²) in [7, 11) is -4.19. The molecule has 43 heavy (non-hydrogen) atoms. The van der Waals surface area contributed by atoms with Gasteiger partial charge in [0.2, 0.25) is 11.8 Å². The van der Waals surface area contributed by atoms with Crippen LogP contribution in [0.2, 0.25) is 10.0 Å². The van der Waals surface area contributed by atoms with E-state index in [1.807, 2.05) is 37.3 Å². The van der Waals surface area contributed by atoms with Crippen molar-refractivity contribution in [1.29, 1.82) is 0 Å². The number of carbonyl (C=O) groups excluding carboxylic acids is 2. The van der Waals surface area contributed by atoms with Crippen molar-refractivity contribution in [1.82, 2.24) is 10.2 Å². The van der Waals surface area contributed by atoms with E-state index >= 15 is 0 Å². The fourth-order valence-electron chi connectivity index (χ4n) is 4.63. The Balaban J connectivity index is 1.80. The Bertz CT molecular complexity index is 1650. The number of aryl methyl sites for hydroxylation is 1. The van der Waals surface area contributed by atoms with Crippen LogP contribution >= 0.6 is 23.2 Å². The fourth-order valence-corrected chi connectivity index (χ4v) is 6.37. The number of hydrogen-bond donors (Lipinski definition) is 1. The highest BCUT2D eigenvalue weighted by Crippen LogP contribution is 2.27. The molecule has 0 aliphatic rings. The summed E-state index contributed by atoms with van der Waals surface area (Å²) in [5.41, 5.74) is 2.62. The maximum atomic E-state index is 14.4. The molecule has 0 unspecified atom stereocenters. The maximum Gasteiger partial charge on any atom is 0.264 e. The zero-order valence-corrected chi connectivity index (χ0v) is 26.2. The molecule has 10 heteroatoms. The molecular formula is C33H33Cl2N3O4S. The molecule has 4 aromatic rings. The zero-order valence-electron chi connectivity index (χ0n) is 23.9. The Labute approximate surface area is 263 Å². The molecule has 0 radical (unpaired) electrons. The van der Waals surface area contributed by atoms with Gasteiger partial charge in [-0.05, 0) is 67.4 Å². The van der Waals surface area contributed by atoms with Gasteiger partial charge in [-0.15, -0.1) is 0 Å². The number of likely N-dealkylation sites (N-methyl/N-ethyl adjacent to an activating group) is 1. The van der Waals surface area contributed by atoms with Crippen molar-refractivity contribution in [2.75, 3.05) is 17.4 Å². The lowest BCUT2D eigenvalue weighted by Gasteiger charge is -2.34. The number of carbonyl (C=O) groups is 2. The lowest BCUT2D eigenvalue weighted by atomic mass is 10.0. The van der Waals surface area contributed by atoms with E-state index in [9.17, 15) is 18.0 Å². The van der Waals surface area contributed by atoms with Gasteiger partial charge in [-0.2, -0.15) is 0 Å². The second-order valence-corrected chi connectivity index (χ2v) is 12.7. The van der Waals surface area contributed by atoms with Gasteiger partial charge < -0.3 is 10.2 Å². The minimum Gasteiger partial charge on any atom is -0.355 e. The summed E-state index contributed by atoms with van der Waals surface area (Å²) in [6.45, 7) is 3.45. The van der Waals surface area contributed by atoms with Crippen LogP contribution in [0.4, 0.5) is 5.69 Å². The van der Waals surface area contributed by atoms with Crippen LogP contribution < -0.4 is 9.62 Å². The Morgan fingerprint density at radius 2 is 1.47 bits per heavy atom. The average Bonchev–Trinajstić information content (AvgIpc) is 3.00. The molecule has 4 aromatic carbocycles.